The minimum atomic E-state index is -0.500. The first-order chi connectivity index (χ1) is 13.3. The van der Waals surface area contributed by atoms with Crippen molar-refractivity contribution in [3.05, 3.63) is 47.7 Å². The quantitative estimate of drug-likeness (QED) is 0.285. The highest BCUT2D eigenvalue weighted by atomic mass is 127. The van der Waals surface area contributed by atoms with Gasteiger partial charge in [0, 0.05) is 18.4 Å². The average Bonchev–Trinajstić information content (AvgIpc) is 2.64. The third-order valence-electron chi connectivity index (χ3n) is 3.39. The van der Waals surface area contributed by atoms with E-state index in [1.807, 2.05) is 51.3 Å². The summed E-state index contributed by atoms with van der Waals surface area (Å²) >= 11 is 4.02. The van der Waals surface area contributed by atoms with Crippen molar-refractivity contribution in [2.45, 2.75) is 13.5 Å². The summed E-state index contributed by atoms with van der Waals surface area (Å²) in [5.41, 5.74) is 4.60. The maximum Gasteiger partial charge on any atom is 0.278 e. The van der Waals surface area contributed by atoms with Gasteiger partial charge in [-0.05, 0) is 75.9 Å². The highest BCUT2D eigenvalue weighted by molar-refractivity contribution is 14.1. The Morgan fingerprint density at radius 1 is 1.39 bits per heavy atom. The van der Waals surface area contributed by atoms with Crippen LogP contribution in [0.5, 0.6) is 11.6 Å². The van der Waals surface area contributed by atoms with Crippen molar-refractivity contribution in [2.75, 3.05) is 13.7 Å². The van der Waals surface area contributed by atoms with E-state index in [1.165, 1.54) is 13.3 Å². The lowest BCUT2D eigenvalue weighted by molar-refractivity contribution is -0.123. The highest BCUT2D eigenvalue weighted by Crippen LogP contribution is 2.26. The number of aromatic nitrogens is 1. The van der Waals surface area contributed by atoms with Crippen molar-refractivity contribution in [1.82, 2.24) is 10.4 Å². The second kappa shape index (κ2) is 10.5. The Bertz CT molecular complexity index is 934. The third-order valence-corrected chi connectivity index (χ3v) is 5.03. The van der Waals surface area contributed by atoms with Crippen molar-refractivity contribution < 1.29 is 19.4 Å². The Morgan fingerprint density at radius 3 is 2.68 bits per heavy atom. The molecule has 0 aliphatic rings. The van der Waals surface area contributed by atoms with Gasteiger partial charge in [0.05, 0.1) is 20.0 Å². The molecule has 28 heavy (non-hydrogen) atoms. The summed E-state index contributed by atoms with van der Waals surface area (Å²) in [5.74, 6) is -0.209. The van der Waals surface area contributed by atoms with Gasteiger partial charge in [-0.2, -0.15) is 10.4 Å². The molecule has 1 amide bonds. The lowest BCUT2D eigenvalue weighted by Crippen LogP contribution is -2.25. The van der Waals surface area contributed by atoms with Crippen LogP contribution in [-0.4, -0.2) is 35.9 Å². The number of nitrogens with zero attached hydrogens (tertiary/aromatic N) is 3. The van der Waals surface area contributed by atoms with E-state index in [0.29, 0.717) is 18.4 Å². The number of carbonyl (C=O) groups excluding carboxylic acids is 1. The second-order valence-electron chi connectivity index (χ2n) is 5.56. The number of benzene rings is 1. The van der Waals surface area contributed by atoms with Gasteiger partial charge in [-0.1, -0.05) is 0 Å². The summed E-state index contributed by atoms with van der Waals surface area (Å²) in [6.45, 7) is 1.65. The van der Waals surface area contributed by atoms with Crippen LogP contribution >= 0.6 is 45.2 Å². The second-order valence-corrected chi connectivity index (χ2v) is 7.89. The Hall–Kier alpha value is -1.98. The molecule has 146 valence electrons. The first-order valence-electron chi connectivity index (χ1n) is 7.88. The monoisotopic (exact) mass is 606 g/mol. The number of phenols is 1. The summed E-state index contributed by atoms with van der Waals surface area (Å²) in [6, 6.07) is 7.23. The maximum atomic E-state index is 12.0. The third kappa shape index (κ3) is 6.01. The Labute approximate surface area is 189 Å². The number of hydrogen-bond donors (Lipinski definition) is 2. The minimum Gasteiger partial charge on any atom is -0.506 e. The van der Waals surface area contributed by atoms with Gasteiger partial charge < -0.3 is 14.6 Å². The predicted octanol–water partition coefficient (Wildman–Crippen LogP) is 2.85. The van der Waals surface area contributed by atoms with E-state index >= 15 is 0 Å². The van der Waals surface area contributed by atoms with E-state index in [2.05, 4.69) is 15.5 Å². The molecule has 1 aromatic carbocycles. The molecule has 0 radical (unpaired) electrons. The van der Waals surface area contributed by atoms with Gasteiger partial charge in [0.2, 0.25) is 5.88 Å². The first kappa shape index (κ1) is 22.3. The van der Waals surface area contributed by atoms with Crippen molar-refractivity contribution in [2.24, 2.45) is 5.10 Å². The molecule has 2 N–H and O–H groups in total. The molecule has 0 aliphatic heterocycles. The number of hydrogen-bond acceptors (Lipinski definition) is 7. The van der Waals surface area contributed by atoms with E-state index < -0.39 is 5.91 Å². The molecule has 0 spiro atoms. The molecular weight excluding hydrogens is 590 g/mol. The summed E-state index contributed by atoms with van der Waals surface area (Å²) in [4.78, 5) is 16.1. The Morgan fingerprint density at radius 2 is 2.07 bits per heavy atom. The van der Waals surface area contributed by atoms with Crippen molar-refractivity contribution >= 4 is 57.3 Å². The number of hydrazone groups is 1. The number of aromatic hydroxyl groups is 1. The normalized spacial score (nSPS) is 10.7. The number of amides is 1. The van der Waals surface area contributed by atoms with E-state index in [-0.39, 0.29) is 30.4 Å². The summed E-state index contributed by atoms with van der Waals surface area (Å²) in [6.07, 6.45) is 1.46. The number of rotatable bonds is 7. The van der Waals surface area contributed by atoms with Crippen LogP contribution in [-0.2, 0) is 16.1 Å². The number of nitrogens with one attached hydrogen (secondary N) is 1. The molecule has 2 aromatic rings. The summed E-state index contributed by atoms with van der Waals surface area (Å²) in [7, 11) is 1.53. The Balaban J connectivity index is 2.00. The van der Waals surface area contributed by atoms with Crippen LogP contribution in [0.3, 0.4) is 0 Å². The molecular formula is C18H16I2N4O4. The zero-order valence-electron chi connectivity index (χ0n) is 15.0. The zero-order valence-corrected chi connectivity index (χ0v) is 19.3. The number of nitriles is 1. The number of aryl methyl sites for hydroxylation is 1. The Kier molecular flexibility index (Phi) is 8.39. The van der Waals surface area contributed by atoms with E-state index in [0.717, 1.165) is 5.56 Å². The van der Waals surface area contributed by atoms with Crippen molar-refractivity contribution in [3.63, 3.8) is 0 Å². The summed E-state index contributed by atoms with van der Waals surface area (Å²) in [5, 5.41) is 23.0. The predicted molar refractivity (Wildman–Crippen MR) is 119 cm³/mol. The lowest BCUT2D eigenvalue weighted by Gasteiger charge is -2.10. The van der Waals surface area contributed by atoms with Crippen LogP contribution in [0.1, 0.15) is 22.4 Å². The van der Waals surface area contributed by atoms with Crippen LogP contribution < -0.4 is 10.2 Å². The van der Waals surface area contributed by atoms with Gasteiger partial charge in [0.25, 0.3) is 5.91 Å². The molecule has 0 bridgehead atoms. The van der Waals surface area contributed by atoms with Gasteiger partial charge in [-0.15, -0.1) is 0 Å². The van der Waals surface area contributed by atoms with Gasteiger partial charge in [0.1, 0.15) is 17.4 Å². The van der Waals surface area contributed by atoms with E-state index in [9.17, 15) is 15.2 Å². The van der Waals surface area contributed by atoms with Crippen LogP contribution in [0.2, 0.25) is 0 Å². The fraction of sp³-hybridized carbons (Fsp3) is 0.222. The molecule has 0 fully saturated rings. The fourth-order valence-corrected chi connectivity index (χ4v) is 4.02. The minimum absolute atomic E-state index is 0.0799. The SMILES string of the molecule is COCc1cc(C)nc(OCC(=O)NN=Cc2cc(I)c(O)c(I)c2)c1C#N. The average molecular weight is 606 g/mol. The van der Waals surface area contributed by atoms with E-state index in [1.54, 1.807) is 25.1 Å². The topological polar surface area (TPSA) is 117 Å². The molecule has 8 nitrogen and oxygen atoms in total. The molecule has 1 aromatic heterocycles. The number of methoxy groups -OCH3 is 1. The van der Waals surface area contributed by atoms with Crippen LogP contribution in [0.25, 0.3) is 0 Å². The summed E-state index contributed by atoms with van der Waals surface area (Å²) < 4.78 is 11.8. The number of pyridine rings is 1. The van der Waals surface area contributed by atoms with Crippen LogP contribution in [0, 0.1) is 25.4 Å². The molecule has 2 rings (SSSR count). The smallest absolute Gasteiger partial charge is 0.278 e. The highest BCUT2D eigenvalue weighted by Gasteiger charge is 2.14. The first-order valence-corrected chi connectivity index (χ1v) is 10.0. The number of phenolic OH excluding ortho intramolecular Hbond substituents is 1. The fourth-order valence-electron chi connectivity index (χ4n) is 2.21. The van der Waals surface area contributed by atoms with E-state index in [4.69, 9.17) is 9.47 Å². The van der Waals surface area contributed by atoms with Gasteiger partial charge in [-0.25, -0.2) is 10.4 Å². The van der Waals surface area contributed by atoms with Crippen LogP contribution in [0.15, 0.2) is 23.3 Å². The molecule has 0 atom stereocenters. The lowest BCUT2D eigenvalue weighted by atomic mass is 10.1. The zero-order chi connectivity index (χ0) is 20.7. The number of carbonyl (C=O) groups is 1. The molecule has 0 saturated heterocycles. The maximum absolute atomic E-state index is 12.0. The standard InChI is InChI=1S/C18H16I2N4O4/c1-10-3-12(8-27-2)13(6-21)18(23-10)28-9-16(25)24-22-7-11-4-14(19)17(26)15(20)5-11/h3-5,7,26H,8-9H2,1-2H3,(H,24,25). The molecule has 1 heterocycles. The molecule has 0 aliphatic carbocycles. The largest absolute Gasteiger partial charge is 0.506 e. The van der Waals surface area contributed by atoms with Gasteiger partial charge in [0.15, 0.2) is 6.61 Å². The van der Waals surface area contributed by atoms with Gasteiger partial charge in [-0.3, -0.25) is 4.79 Å². The number of halogens is 2. The van der Waals surface area contributed by atoms with Crippen molar-refractivity contribution in [1.29, 1.82) is 5.26 Å². The number of ether oxygens (including phenoxy) is 2. The van der Waals surface area contributed by atoms with Crippen molar-refractivity contribution in [3.8, 4) is 17.7 Å². The molecule has 0 unspecified atom stereocenters. The molecule has 0 saturated carbocycles. The van der Waals surface area contributed by atoms with Crippen LogP contribution in [0.4, 0.5) is 0 Å². The molecule has 10 heteroatoms. The van der Waals surface area contributed by atoms with Gasteiger partial charge >= 0.3 is 0 Å².